The molecular formula is C9H13NO3S. The van der Waals surface area contributed by atoms with E-state index in [0.29, 0.717) is 11.5 Å². The highest BCUT2D eigenvalue weighted by atomic mass is 32.2. The van der Waals surface area contributed by atoms with E-state index in [0.717, 1.165) is 5.76 Å². The molecule has 0 aromatic carbocycles. The highest BCUT2D eigenvalue weighted by molar-refractivity contribution is 7.98. The van der Waals surface area contributed by atoms with Crippen LogP contribution in [0, 0.1) is 0 Å². The molecule has 1 rings (SSSR count). The normalized spacial score (nSPS) is 15.0. The van der Waals surface area contributed by atoms with Gasteiger partial charge >= 0.3 is 5.97 Å². The van der Waals surface area contributed by atoms with Crippen LogP contribution < -0.4 is 5.73 Å². The van der Waals surface area contributed by atoms with Crippen LogP contribution in [0.2, 0.25) is 0 Å². The summed E-state index contributed by atoms with van der Waals surface area (Å²) in [5.41, 5.74) is 4.38. The van der Waals surface area contributed by atoms with Crippen molar-refractivity contribution >= 4 is 17.7 Å². The van der Waals surface area contributed by atoms with Crippen molar-refractivity contribution in [3.05, 3.63) is 24.2 Å². The van der Waals surface area contributed by atoms with Crippen LogP contribution in [0.3, 0.4) is 0 Å². The quantitative estimate of drug-likeness (QED) is 0.774. The van der Waals surface area contributed by atoms with Crippen LogP contribution in [0.25, 0.3) is 0 Å². The van der Waals surface area contributed by atoms with Gasteiger partial charge in [0.25, 0.3) is 0 Å². The number of carboxylic acids is 1. The smallest absolute Gasteiger partial charge is 0.324 e. The van der Waals surface area contributed by atoms with Gasteiger partial charge in [0.2, 0.25) is 0 Å². The summed E-state index contributed by atoms with van der Waals surface area (Å²) in [4.78, 5) is 10.7. The Morgan fingerprint density at radius 2 is 2.50 bits per heavy atom. The molecule has 0 radical (unpaired) electrons. The Morgan fingerprint density at radius 3 is 3.00 bits per heavy atom. The van der Waals surface area contributed by atoms with E-state index in [1.807, 2.05) is 6.07 Å². The minimum absolute atomic E-state index is 0.364. The second kappa shape index (κ2) is 4.52. The van der Waals surface area contributed by atoms with Gasteiger partial charge < -0.3 is 15.3 Å². The number of thioether (sulfide) groups is 1. The molecule has 0 spiro atoms. The van der Waals surface area contributed by atoms with E-state index >= 15 is 0 Å². The summed E-state index contributed by atoms with van der Waals surface area (Å²) in [6, 6.07) is 3.65. The van der Waals surface area contributed by atoms with Crippen LogP contribution in [0.1, 0.15) is 12.7 Å². The van der Waals surface area contributed by atoms with E-state index in [-0.39, 0.29) is 0 Å². The molecule has 1 heterocycles. The van der Waals surface area contributed by atoms with E-state index in [9.17, 15) is 4.79 Å². The zero-order chi connectivity index (χ0) is 10.6. The molecule has 1 aromatic heterocycles. The molecule has 1 unspecified atom stereocenters. The predicted octanol–water partition coefficient (Wildman–Crippen LogP) is 1.31. The van der Waals surface area contributed by atoms with Gasteiger partial charge in [-0.1, -0.05) is 0 Å². The lowest BCUT2D eigenvalue weighted by molar-refractivity contribution is -0.141. The summed E-state index contributed by atoms with van der Waals surface area (Å²) in [5, 5.41) is 8.74. The molecule has 0 amide bonds. The highest BCUT2D eigenvalue weighted by Gasteiger charge is 2.27. The second-order valence-electron chi connectivity index (χ2n) is 3.29. The monoisotopic (exact) mass is 215 g/mol. The average molecular weight is 215 g/mol. The van der Waals surface area contributed by atoms with Crippen LogP contribution in [-0.2, 0) is 10.5 Å². The van der Waals surface area contributed by atoms with Crippen molar-refractivity contribution in [3.63, 3.8) is 0 Å². The second-order valence-corrected chi connectivity index (χ2v) is 4.28. The number of carbonyl (C=O) groups is 1. The van der Waals surface area contributed by atoms with Crippen molar-refractivity contribution in [3.8, 4) is 0 Å². The Hall–Kier alpha value is -0.940. The molecule has 0 saturated carbocycles. The molecule has 0 aliphatic carbocycles. The molecule has 0 aliphatic heterocycles. The fraction of sp³-hybridized carbons (Fsp3) is 0.444. The third-order valence-corrected chi connectivity index (χ3v) is 3.01. The molecule has 3 N–H and O–H groups in total. The lowest BCUT2D eigenvalue weighted by atomic mass is 10.1. The summed E-state index contributed by atoms with van der Waals surface area (Å²) >= 11 is 1.45. The van der Waals surface area contributed by atoms with Gasteiger partial charge in [-0.2, -0.15) is 11.8 Å². The van der Waals surface area contributed by atoms with Gasteiger partial charge in [0, 0.05) is 5.75 Å². The van der Waals surface area contributed by atoms with Crippen molar-refractivity contribution in [1.29, 1.82) is 0 Å². The molecule has 0 bridgehead atoms. The van der Waals surface area contributed by atoms with E-state index < -0.39 is 11.5 Å². The van der Waals surface area contributed by atoms with Gasteiger partial charge in [0.15, 0.2) is 0 Å². The van der Waals surface area contributed by atoms with Crippen LogP contribution in [-0.4, -0.2) is 22.4 Å². The lowest BCUT2D eigenvalue weighted by Gasteiger charge is -2.17. The third-order valence-electron chi connectivity index (χ3n) is 1.71. The molecule has 5 heteroatoms. The topological polar surface area (TPSA) is 76.5 Å². The van der Waals surface area contributed by atoms with Gasteiger partial charge in [-0.05, 0) is 19.1 Å². The summed E-state index contributed by atoms with van der Waals surface area (Å²) in [6.45, 7) is 1.50. The van der Waals surface area contributed by atoms with Crippen molar-refractivity contribution in [2.24, 2.45) is 5.73 Å². The van der Waals surface area contributed by atoms with Gasteiger partial charge in [-0.15, -0.1) is 0 Å². The Morgan fingerprint density at radius 1 is 1.79 bits per heavy atom. The third kappa shape index (κ3) is 3.08. The molecule has 78 valence electrons. The molecule has 0 saturated heterocycles. The minimum atomic E-state index is -1.17. The SMILES string of the molecule is CC(N)(CSCc1ccco1)C(=O)O. The van der Waals surface area contributed by atoms with Crippen LogP contribution in [0.15, 0.2) is 22.8 Å². The van der Waals surface area contributed by atoms with Gasteiger partial charge in [0.1, 0.15) is 11.3 Å². The van der Waals surface area contributed by atoms with Crippen LogP contribution >= 0.6 is 11.8 Å². The van der Waals surface area contributed by atoms with Crippen LogP contribution in [0.4, 0.5) is 0 Å². The zero-order valence-electron chi connectivity index (χ0n) is 7.90. The van der Waals surface area contributed by atoms with E-state index in [4.69, 9.17) is 15.3 Å². The average Bonchev–Trinajstić information content (AvgIpc) is 2.56. The zero-order valence-corrected chi connectivity index (χ0v) is 8.71. The number of rotatable bonds is 5. The molecule has 14 heavy (non-hydrogen) atoms. The Kier molecular flexibility index (Phi) is 3.60. The Labute approximate surface area is 86.5 Å². The van der Waals surface area contributed by atoms with Crippen molar-refractivity contribution < 1.29 is 14.3 Å². The number of aliphatic carboxylic acids is 1. The van der Waals surface area contributed by atoms with Gasteiger partial charge in [-0.25, -0.2) is 0 Å². The van der Waals surface area contributed by atoms with E-state index in [1.54, 1.807) is 12.3 Å². The molecule has 1 aromatic rings. The molecule has 1 atom stereocenters. The number of hydrogen-bond donors (Lipinski definition) is 2. The molecule has 0 fully saturated rings. The Bertz CT molecular complexity index is 295. The number of nitrogens with two attached hydrogens (primary N) is 1. The summed E-state index contributed by atoms with van der Waals surface area (Å²) in [6.07, 6.45) is 1.59. The fourth-order valence-electron chi connectivity index (χ4n) is 0.820. The first-order valence-electron chi connectivity index (χ1n) is 4.15. The lowest BCUT2D eigenvalue weighted by Crippen LogP contribution is -2.47. The summed E-state index contributed by atoms with van der Waals surface area (Å²) < 4.78 is 5.10. The standard InChI is InChI=1S/C9H13NO3S/c1-9(10,8(11)12)6-14-5-7-3-2-4-13-7/h2-4H,5-6,10H2,1H3,(H,11,12). The number of hydrogen-bond acceptors (Lipinski definition) is 4. The maximum Gasteiger partial charge on any atom is 0.324 e. The summed E-state index contributed by atoms with van der Waals surface area (Å²) in [5.74, 6) is 0.858. The first-order valence-corrected chi connectivity index (χ1v) is 5.30. The maximum absolute atomic E-state index is 10.7. The van der Waals surface area contributed by atoms with Crippen molar-refractivity contribution in [1.82, 2.24) is 0 Å². The number of furan rings is 1. The Balaban J connectivity index is 2.31. The predicted molar refractivity (Wildman–Crippen MR) is 55.1 cm³/mol. The van der Waals surface area contributed by atoms with E-state index in [1.165, 1.54) is 18.7 Å². The molecule has 0 aliphatic rings. The minimum Gasteiger partial charge on any atom is -0.480 e. The van der Waals surface area contributed by atoms with E-state index in [2.05, 4.69) is 0 Å². The molecular weight excluding hydrogens is 202 g/mol. The van der Waals surface area contributed by atoms with Gasteiger partial charge in [-0.3, -0.25) is 4.79 Å². The van der Waals surface area contributed by atoms with Gasteiger partial charge in [0.05, 0.1) is 12.0 Å². The first kappa shape index (κ1) is 11.1. The fourth-order valence-corrected chi connectivity index (χ4v) is 1.84. The number of carboxylic acid groups (broad SMARTS) is 1. The largest absolute Gasteiger partial charge is 0.480 e. The maximum atomic E-state index is 10.7. The van der Waals surface area contributed by atoms with Crippen LogP contribution in [0.5, 0.6) is 0 Å². The van der Waals surface area contributed by atoms with Crippen molar-refractivity contribution in [2.75, 3.05) is 5.75 Å². The highest BCUT2D eigenvalue weighted by Crippen LogP contribution is 2.16. The summed E-state index contributed by atoms with van der Waals surface area (Å²) in [7, 11) is 0. The first-order chi connectivity index (χ1) is 6.52. The van der Waals surface area contributed by atoms with Crippen molar-refractivity contribution in [2.45, 2.75) is 18.2 Å². The molecule has 4 nitrogen and oxygen atoms in total.